The number of aryl methyl sites for hydroxylation is 1. The number of benzene rings is 1. The van der Waals surface area contributed by atoms with Gasteiger partial charge >= 0.3 is 0 Å². The van der Waals surface area contributed by atoms with E-state index in [0.29, 0.717) is 15.7 Å². The topological polar surface area (TPSA) is 87.2 Å². The number of likely N-dealkylation sites (tertiary alicyclic amines) is 1. The van der Waals surface area contributed by atoms with Crippen LogP contribution in [-0.2, 0) is 4.79 Å². The largest absolute Gasteiger partial charge is 0.348 e. The first-order chi connectivity index (χ1) is 15.0. The van der Waals surface area contributed by atoms with Gasteiger partial charge in [0.15, 0.2) is 5.13 Å². The average Bonchev–Trinajstić information content (AvgIpc) is 3.39. The molecule has 1 aliphatic heterocycles. The molecular weight excluding hydrogens is 437 g/mol. The van der Waals surface area contributed by atoms with Gasteiger partial charge in [-0.1, -0.05) is 0 Å². The summed E-state index contributed by atoms with van der Waals surface area (Å²) in [4.78, 5) is 36.0. The Morgan fingerprint density at radius 3 is 2.61 bits per heavy atom. The number of hydrogen-bond acceptors (Lipinski definition) is 7. The maximum absolute atomic E-state index is 13.1. The minimum absolute atomic E-state index is 0.0723. The Morgan fingerprint density at radius 1 is 1.19 bits per heavy atom. The molecule has 2 aromatic heterocycles. The predicted octanol–water partition coefficient (Wildman–Crippen LogP) is 3.55. The lowest BCUT2D eigenvalue weighted by atomic mass is 10.0. The first-order valence-corrected chi connectivity index (χ1v) is 11.7. The fraction of sp³-hybridized carbons (Fsp3) is 0.333. The van der Waals surface area contributed by atoms with E-state index in [1.54, 1.807) is 17.6 Å². The molecule has 1 saturated heterocycles. The summed E-state index contributed by atoms with van der Waals surface area (Å²) in [5.74, 6) is -0.491. The lowest BCUT2D eigenvalue weighted by Gasteiger charge is -2.31. The molecule has 4 rings (SSSR count). The van der Waals surface area contributed by atoms with Gasteiger partial charge in [0.05, 0.1) is 23.4 Å². The van der Waals surface area contributed by atoms with E-state index in [1.165, 1.54) is 34.8 Å². The molecule has 1 aliphatic rings. The third-order valence-electron chi connectivity index (χ3n) is 5.13. The zero-order valence-electron chi connectivity index (χ0n) is 16.9. The quantitative estimate of drug-likeness (QED) is 0.589. The minimum Gasteiger partial charge on any atom is -0.348 e. The van der Waals surface area contributed by atoms with Crippen LogP contribution in [0.3, 0.4) is 0 Å². The second kappa shape index (κ2) is 9.63. The summed E-state index contributed by atoms with van der Waals surface area (Å²) in [6.45, 7) is 3.58. The second-order valence-electron chi connectivity index (χ2n) is 7.38. The number of amides is 2. The number of anilines is 1. The summed E-state index contributed by atoms with van der Waals surface area (Å²) in [6.07, 6.45) is 1.59. The van der Waals surface area contributed by atoms with Crippen LogP contribution in [-0.4, -0.2) is 52.4 Å². The summed E-state index contributed by atoms with van der Waals surface area (Å²) in [5, 5.41) is 8.26. The molecule has 0 spiro atoms. The van der Waals surface area contributed by atoms with Crippen LogP contribution in [0, 0.1) is 12.7 Å². The molecule has 10 heteroatoms. The van der Waals surface area contributed by atoms with Gasteiger partial charge in [-0.2, -0.15) is 0 Å². The number of nitrogens with one attached hydrogen (secondary N) is 2. The maximum atomic E-state index is 13.1. The highest BCUT2D eigenvalue weighted by Gasteiger charge is 2.24. The van der Waals surface area contributed by atoms with E-state index in [1.807, 2.05) is 12.3 Å². The predicted molar refractivity (Wildman–Crippen MR) is 120 cm³/mol. The summed E-state index contributed by atoms with van der Waals surface area (Å²) in [5.41, 5.74) is 3.93. The van der Waals surface area contributed by atoms with Gasteiger partial charge in [-0.15, -0.1) is 22.7 Å². The highest BCUT2D eigenvalue weighted by Crippen LogP contribution is 2.25. The average molecular weight is 460 g/mol. The summed E-state index contributed by atoms with van der Waals surface area (Å²) in [7, 11) is 0. The van der Waals surface area contributed by atoms with Crippen molar-refractivity contribution in [2.45, 2.75) is 25.8 Å². The van der Waals surface area contributed by atoms with Crippen LogP contribution in [0.25, 0.3) is 11.3 Å². The standard InChI is InChI=1S/C21H22FN5O2S2/c1-13-19(31-12-23-13)20(29)24-16-6-8-27(9-7-16)10-18(28)26-21-25-17(11-30-21)14-2-4-15(22)5-3-14/h2-5,11-12,16H,6-10H2,1H3,(H,24,29)(H,25,26,28). The lowest BCUT2D eigenvalue weighted by Crippen LogP contribution is -2.46. The molecule has 0 bridgehead atoms. The third-order valence-corrected chi connectivity index (χ3v) is 6.82. The molecule has 162 valence electrons. The summed E-state index contributed by atoms with van der Waals surface area (Å²) >= 11 is 2.69. The number of halogens is 1. The smallest absolute Gasteiger partial charge is 0.263 e. The van der Waals surface area contributed by atoms with E-state index in [2.05, 4.69) is 25.5 Å². The van der Waals surface area contributed by atoms with Crippen molar-refractivity contribution in [1.82, 2.24) is 20.2 Å². The number of nitrogens with zero attached hydrogens (tertiary/aromatic N) is 3. The Balaban J connectivity index is 1.23. The molecule has 1 aromatic carbocycles. The Morgan fingerprint density at radius 2 is 1.94 bits per heavy atom. The van der Waals surface area contributed by atoms with Gasteiger partial charge in [0.25, 0.3) is 5.91 Å². The molecule has 0 saturated carbocycles. The van der Waals surface area contributed by atoms with Crippen molar-refractivity contribution in [2.24, 2.45) is 0 Å². The summed E-state index contributed by atoms with van der Waals surface area (Å²) < 4.78 is 13.1. The molecule has 0 atom stereocenters. The van der Waals surface area contributed by atoms with Crippen LogP contribution in [0.2, 0.25) is 0 Å². The van der Waals surface area contributed by atoms with Gasteiger partial charge in [-0.3, -0.25) is 14.5 Å². The monoisotopic (exact) mass is 459 g/mol. The molecule has 1 fully saturated rings. The molecule has 3 aromatic rings. The van der Waals surface area contributed by atoms with Crippen molar-refractivity contribution in [3.63, 3.8) is 0 Å². The molecular formula is C21H22FN5O2S2. The Hall–Kier alpha value is -2.69. The molecule has 2 N–H and O–H groups in total. The van der Waals surface area contributed by atoms with Crippen molar-refractivity contribution in [2.75, 3.05) is 25.0 Å². The highest BCUT2D eigenvalue weighted by atomic mass is 32.1. The maximum Gasteiger partial charge on any atom is 0.263 e. The van der Waals surface area contributed by atoms with Gasteiger partial charge in [0, 0.05) is 30.1 Å². The van der Waals surface area contributed by atoms with Crippen molar-refractivity contribution in [3.05, 3.63) is 51.5 Å². The first-order valence-electron chi connectivity index (χ1n) is 9.92. The number of thiazole rings is 2. The molecule has 0 radical (unpaired) electrons. The van der Waals surface area contributed by atoms with E-state index in [-0.39, 0.29) is 30.2 Å². The SMILES string of the molecule is Cc1ncsc1C(=O)NC1CCN(CC(=O)Nc2nc(-c3ccc(F)cc3)cs2)CC1. The molecule has 3 heterocycles. The molecule has 0 unspecified atom stereocenters. The number of piperidine rings is 1. The van der Waals surface area contributed by atoms with E-state index in [9.17, 15) is 14.0 Å². The van der Waals surface area contributed by atoms with Crippen LogP contribution in [0.4, 0.5) is 9.52 Å². The van der Waals surface area contributed by atoms with Crippen molar-refractivity contribution in [3.8, 4) is 11.3 Å². The molecule has 2 amide bonds. The van der Waals surface area contributed by atoms with E-state index >= 15 is 0 Å². The third kappa shape index (κ3) is 5.52. The Kier molecular flexibility index (Phi) is 6.69. The fourth-order valence-electron chi connectivity index (χ4n) is 3.45. The van der Waals surface area contributed by atoms with Gasteiger partial charge in [0.1, 0.15) is 10.7 Å². The molecule has 7 nitrogen and oxygen atoms in total. The number of rotatable bonds is 6. The van der Waals surface area contributed by atoms with Gasteiger partial charge < -0.3 is 10.6 Å². The van der Waals surface area contributed by atoms with Crippen LogP contribution < -0.4 is 10.6 Å². The van der Waals surface area contributed by atoms with Crippen LogP contribution in [0.5, 0.6) is 0 Å². The van der Waals surface area contributed by atoms with Gasteiger partial charge in [0.2, 0.25) is 5.91 Å². The van der Waals surface area contributed by atoms with E-state index in [0.717, 1.165) is 37.2 Å². The zero-order valence-corrected chi connectivity index (χ0v) is 18.6. The van der Waals surface area contributed by atoms with Crippen LogP contribution in [0.15, 0.2) is 35.2 Å². The summed E-state index contributed by atoms with van der Waals surface area (Å²) in [6, 6.07) is 6.20. The molecule has 31 heavy (non-hydrogen) atoms. The molecule has 0 aliphatic carbocycles. The minimum atomic E-state index is -0.297. The van der Waals surface area contributed by atoms with E-state index < -0.39 is 0 Å². The number of hydrogen-bond donors (Lipinski definition) is 2. The number of carbonyl (C=O) groups is 2. The van der Waals surface area contributed by atoms with E-state index in [4.69, 9.17) is 0 Å². The lowest BCUT2D eigenvalue weighted by molar-refractivity contribution is -0.117. The number of carbonyl (C=O) groups excluding carboxylic acids is 2. The second-order valence-corrected chi connectivity index (χ2v) is 9.10. The first kappa shape index (κ1) is 21.5. The normalized spacial score (nSPS) is 15.0. The zero-order chi connectivity index (χ0) is 21.8. The van der Waals surface area contributed by atoms with Gasteiger partial charge in [-0.05, 0) is 44.0 Å². The Bertz CT molecular complexity index is 1060. The van der Waals surface area contributed by atoms with Crippen LogP contribution >= 0.6 is 22.7 Å². The van der Waals surface area contributed by atoms with Crippen molar-refractivity contribution < 1.29 is 14.0 Å². The fourth-order valence-corrected chi connectivity index (χ4v) is 4.89. The Labute approximate surface area is 187 Å². The van der Waals surface area contributed by atoms with Crippen molar-refractivity contribution >= 4 is 39.6 Å². The van der Waals surface area contributed by atoms with Gasteiger partial charge in [-0.25, -0.2) is 14.4 Å². The highest BCUT2D eigenvalue weighted by molar-refractivity contribution is 7.14. The number of aromatic nitrogens is 2. The van der Waals surface area contributed by atoms with Crippen LogP contribution in [0.1, 0.15) is 28.2 Å². The van der Waals surface area contributed by atoms with Crippen molar-refractivity contribution in [1.29, 1.82) is 0 Å².